The maximum atomic E-state index is 12.8. The van der Waals surface area contributed by atoms with E-state index in [2.05, 4.69) is 4.98 Å². The molecule has 1 heterocycles. The van der Waals surface area contributed by atoms with Crippen LogP contribution in [0.4, 0.5) is 0 Å². The second-order valence-electron chi connectivity index (χ2n) is 6.97. The first kappa shape index (κ1) is 22.8. The summed E-state index contributed by atoms with van der Waals surface area (Å²) in [5.74, 6) is -0.605. The zero-order valence-corrected chi connectivity index (χ0v) is 18.1. The number of hydrogen-bond acceptors (Lipinski definition) is 6. The Labute approximate surface area is 171 Å². The van der Waals surface area contributed by atoms with E-state index in [4.69, 9.17) is 9.88 Å². The van der Waals surface area contributed by atoms with Crippen molar-refractivity contribution in [1.29, 1.82) is 0 Å². The van der Waals surface area contributed by atoms with Crippen LogP contribution in [-0.2, 0) is 14.8 Å². The van der Waals surface area contributed by atoms with Gasteiger partial charge in [0, 0.05) is 11.7 Å². The van der Waals surface area contributed by atoms with E-state index in [9.17, 15) is 18.0 Å². The lowest BCUT2D eigenvalue weighted by Gasteiger charge is -2.24. The number of hydrogen-bond donors (Lipinski definition) is 2. The Morgan fingerprint density at radius 3 is 2.31 bits per heavy atom. The smallest absolute Gasteiger partial charge is 0.340 e. The fourth-order valence-corrected chi connectivity index (χ4v) is 3.69. The molecule has 2 rings (SSSR count). The highest BCUT2D eigenvalue weighted by atomic mass is 32.2. The van der Waals surface area contributed by atoms with Crippen molar-refractivity contribution in [2.75, 3.05) is 20.2 Å². The van der Waals surface area contributed by atoms with Crippen molar-refractivity contribution in [3.8, 4) is 0 Å². The van der Waals surface area contributed by atoms with Gasteiger partial charge in [-0.15, -0.1) is 0 Å². The number of nitrogens with two attached hydrogens (primary N) is 1. The van der Waals surface area contributed by atoms with E-state index in [1.807, 2.05) is 11.8 Å². The molecule has 2 aromatic rings. The maximum Gasteiger partial charge on any atom is 0.340 e. The predicted octanol–water partition coefficient (Wildman–Crippen LogP) is 2.33. The summed E-state index contributed by atoms with van der Waals surface area (Å²) in [6.07, 6.45) is 0. The molecule has 29 heavy (non-hydrogen) atoms. The van der Waals surface area contributed by atoms with E-state index in [0.29, 0.717) is 22.5 Å². The van der Waals surface area contributed by atoms with E-state index in [1.54, 1.807) is 40.0 Å². The number of aromatic amines is 1. The molecular formula is C20H27N3O5S. The fourth-order valence-electron chi connectivity index (χ4n) is 3.17. The van der Waals surface area contributed by atoms with Crippen LogP contribution in [0.2, 0.25) is 0 Å². The first-order valence-corrected chi connectivity index (χ1v) is 10.7. The molecule has 0 aliphatic heterocycles. The lowest BCUT2D eigenvalue weighted by Crippen LogP contribution is -2.29. The number of rotatable bonds is 8. The summed E-state index contributed by atoms with van der Waals surface area (Å²) in [5.41, 5.74) is 2.79. The molecule has 0 saturated carbocycles. The summed E-state index contributed by atoms with van der Waals surface area (Å²) in [6.45, 7) is 7.47. The van der Waals surface area contributed by atoms with E-state index in [0.717, 1.165) is 5.56 Å². The standard InChI is InChI=1S/C20H27N3O5S/c1-6-28-20(25)18-12(2)19(22-13(18)3)17(24)11-23(5)14(4)15-7-9-16(10-8-15)29(21,26)27/h7-10,14,22H,6,11H2,1-5H3,(H2,21,26,27). The maximum absolute atomic E-state index is 12.8. The number of aryl methyl sites for hydroxylation is 1. The van der Waals surface area contributed by atoms with Crippen LogP contribution in [-0.4, -0.2) is 50.3 Å². The van der Waals surface area contributed by atoms with Crippen LogP contribution in [0.3, 0.4) is 0 Å². The Morgan fingerprint density at radius 1 is 1.21 bits per heavy atom. The first-order valence-electron chi connectivity index (χ1n) is 9.19. The Hall–Kier alpha value is -2.49. The number of ether oxygens (including phenoxy) is 1. The molecule has 1 unspecified atom stereocenters. The first-order chi connectivity index (χ1) is 13.5. The summed E-state index contributed by atoms with van der Waals surface area (Å²) in [7, 11) is -1.95. The van der Waals surface area contributed by atoms with Crippen molar-refractivity contribution in [3.05, 3.63) is 52.3 Å². The van der Waals surface area contributed by atoms with Crippen LogP contribution in [0.15, 0.2) is 29.2 Å². The number of nitrogens with zero attached hydrogens (tertiary/aromatic N) is 1. The number of H-pyrrole nitrogens is 1. The molecule has 0 amide bonds. The van der Waals surface area contributed by atoms with Gasteiger partial charge in [-0.05, 0) is 58.0 Å². The van der Waals surface area contributed by atoms with E-state index in [-0.39, 0.29) is 29.9 Å². The van der Waals surface area contributed by atoms with Gasteiger partial charge < -0.3 is 9.72 Å². The number of carbonyl (C=O) groups excluding carboxylic acids is 2. The van der Waals surface area contributed by atoms with E-state index in [1.165, 1.54) is 12.1 Å². The van der Waals surface area contributed by atoms with Crippen molar-refractivity contribution in [3.63, 3.8) is 0 Å². The van der Waals surface area contributed by atoms with Crippen molar-refractivity contribution in [1.82, 2.24) is 9.88 Å². The minimum Gasteiger partial charge on any atom is -0.462 e. The predicted molar refractivity (Wildman–Crippen MR) is 109 cm³/mol. The second kappa shape index (κ2) is 8.89. The topological polar surface area (TPSA) is 123 Å². The average Bonchev–Trinajstić information content (AvgIpc) is 2.95. The second-order valence-corrected chi connectivity index (χ2v) is 8.54. The van der Waals surface area contributed by atoms with Crippen molar-refractivity contribution in [2.45, 2.75) is 38.6 Å². The highest BCUT2D eigenvalue weighted by molar-refractivity contribution is 7.89. The summed E-state index contributed by atoms with van der Waals surface area (Å²) in [5, 5.41) is 5.12. The number of primary sulfonamides is 1. The summed E-state index contributed by atoms with van der Waals surface area (Å²) in [6, 6.07) is 6.10. The van der Waals surface area contributed by atoms with Crippen LogP contribution in [0.25, 0.3) is 0 Å². The van der Waals surface area contributed by atoms with Gasteiger partial charge in [0.2, 0.25) is 10.0 Å². The number of benzene rings is 1. The summed E-state index contributed by atoms with van der Waals surface area (Å²) >= 11 is 0. The highest BCUT2D eigenvalue weighted by Crippen LogP contribution is 2.23. The lowest BCUT2D eigenvalue weighted by molar-refractivity contribution is 0.0525. The van der Waals surface area contributed by atoms with Gasteiger partial charge in [0.25, 0.3) is 0 Å². The third-order valence-corrected chi connectivity index (χ3v) is 5.87. The molecular weight excluding hydrogens is 394 g/mol. The molecule has 0 radical (unpaired) electrons. The molecule has 0 bridgehead atoms. The van der Waals surface area contributed by atoms with Gasteiger partial charge in [-0.2, -0.15) is 0 Å². The number of esters is 1. The zero-order valence-electron chi connectivity index (χ0n) is 17.3. The van der Waals surface area contributed by atoms with Crippen LogP contribution < -0.4 is 5.14 Å². The molecule has 158 valence electrons. The minimum absolute atomic E-state index is 0.0381. The highest BCUT2D eigenvalue weighted by Gasteiger charge is 2.24. The Bertz CT molecular complexity index is 1010. The third-order valence-electron chi connectivity index (χ3n) is 4.94. The van der Waals surface area contributed by atoms with Crippen LogP contribution in [0, 0.1) is 13.8 Å². The number of likely N-dealkylation sites (N-methyl/N-ethyl adjacent to an activating group) is 1. The number of Topliss-reactive ketones (excluding diaryl/α,β-unsaturated/α-hetero) is 1. The molecule has 9 heteroatoms. The van der Waals surface area contributed by atoms with Gasteiger partial charge in [-0.25, -0.2) is 18.4 Å². The van der Waals surface area contributed by atoms with Gasteiger partial charge in [-0.1, -0.05) is 12.1 Å². The number of carbonyl (C=O) groups is 2. The number of aromatic nitrogens is 1. The molecule has 1 atom stereocenters. The average molecular weight is 422 g/mol. The van der Waals surface area contributed by atoms with Crippen LogP contribution in [0.1, 0.15) is 57.6 Å². The normalized spacial score (nSPS) is 12.8. The summed E-state index contributed by atoms with van der Waals surface area (Å²) < 4.78 is 27.8. The molecule has 0 saturated heterocycles. The van der Waals surface area contributed by atoms with E-state index >= 15 is 0 Å². The molecule has 0 aliphatic carbocycles. The summed E-state index contributed by atoms with van der Waals surface area (Å²) in [4.78, 5) is 29.8. The third kappa shape index (κ3) is 5.11. The fraction of sp³-hybridized carbons (Fsp3) is 0.400. The quantitative estimate of drug-likeness (QED) is 0.498. The zero-order chi connectivity index (χ0) is 21.9. The molecule has 0 aliphatic rings. The molecule has 0 fully saturated rings. The largest absolute Gasteiger partial charge is 0.462 e. The van der Waals surface area contributed by atoms with Crippen molar-refractivity contribution < 1.29 is 22.7 Å². The SMILES string of the molecule is CCOC(=O)c1c(C)[nH]c(C(=O)CN(C)C(C)c2ccc(S(N)(=O)=O)cc2)c1C. The lowest BCUT2D eigenvalue weighted by atomic mass is 10.1. The molecule has 1 aromatic heterocycles. The van der Waals surface area contributed by atoms with Gasteiger partial charge in [0.1, 0.15) is 0 Å². The van der Waals surface area contributed by atoms with Gasteiger partial charge >= 0.3 is 5.97 Å². The minimum atomic E-state index is -3.75. The van der Waals surface area contributed by atoms with Crippen molar-refractivity contribution >= 4 is 21.8 Å². The Balaban J connectivity index is 2.16. The Kier molecular flexibility index (Phi) is 6.99. The Morgan fingerprint density at radius 2 is 1.79 bits per heavy atom. The van der Waals surface area contributed by atoms with Gasteiger partial charge in [-0.3, -0.25) is 9.69 Å². The number of ketones is 1. The van der Waals surface area contributed by atoms with Gasteiger partial charge in [0.05, 0.1) is 29.3 Å². The number of nitrogens with one attached hydrogen (secondary N) is 1. The van der Waals surface area contributed by atoms with Gasteiger partial charge in [0.15, 0.2) is 5.78 Å². The van der Waals surface area contributed by atoms with Crippen LogP contribution in [0.5, 0.6) is 0 Å². The number of sulfonamides is 1. The van der Waals surface area contributed by atoms with E-state index < -0.39 is 16.0 Å². The molecule has 3 N–H and O–H groups in total. The molecule has 0 spiro atoms. The van der Waals surface area contributed by atoms with Crippen molar-refractivity contribution in [2.24, 2.45) is 5.14 Å². The van der Waals surface area contributed by atoms with Crippen LogP contribution >= 0.6 is 0 Å². The molecule has 1 aromatic carbocycles. The molecule has 8 nitrogen and oxygen atoms in total. The monoisotopic (exact) mass is 421 g/mol.